The molecule has 25 heavy (non-hydrogen) atoms. The average Bonchev–Trinajstić information content (AvgIpc) is 2.80. The minimum absolute atomic E-state index is 0.135. The molecule has 6 heteroatoms. The van der Waals surface area contributed by atoms with Gasteiger partial charge in [-0.15, -0.1) is 0 Å². The van der Waals surface area contributed by atoms with E-state index in [4.69, 9.17) is 9.47 Å². The van der Waals surface area contributed by atoms with Gasteiger partial charge in [0.15, 0.2) is 5.78 Å². The Morgan fingerprint density at radius 2 is 1.96 bits per heavy atom. The van der Waals surface area contributed by atoms with Crippen LogP contribution in [0.2, 0.25) is 0 Å². The summed E-state index contributed by atoms with van der Waals surface area (Å²) in [5.74, 6) is -2.27. The SMILES string of the molecule is C=C(C)C(=O)O[C@H]1C/C(C)=C\C(=O)/C=C(\C)[C@H](O)[C@@H]2OC(=O)C(=C)[C@@H]21. The molecule has 0 aromatic rings. The third-order valence-corrected chi connectivity index (χ3v) is 4.33. The molecular formula is C19H22O6. The van der Waals surface area contributed by atoms with Crippen LogP contribution in [-0.4, -0.2) is 41.1 Å². The van der Waals surface area contributed by atoms with Crippen LogP contribution in [0.5, 0.6) is 0 Å². The number of hydrogen-bond acceptors (Lipinski definition) is 6. The van der Waals surface area contributed by atoms with E-state index in [9.17, 15) is 19.5 Å². The molecule has 2 aliphatic rings. The Balaban J connectivity index is 2.50. The van der Waals surface area contributed by atoms with Crippen molar-refractivity contribution in [3.63, 3.8) is 0 Å². The number of carbonyl (C=O) groups excluding carboxylic acids is 3. The first-order chi connectivity index (χ1) is 11.6. The molecule has 0 aromatic heterocycles. The van der Waals surface area contributed by atoms with Crippen LogP contribution in [0.4, 0.5) is 0 Å². The molecule has 0 radical (unpaired) electrons. The molecule has 0 saturated carbocycles. The largest absolute Gasteiger partial charge is 0.458 e. The molecule has 1 saturated heterocycles. The summed E-state index contributed by atoms with van der Waals surface area (Å²) >= 11 is 0. The van der Waals surface area contributed by atoms with Gasteiger partial charge in [0.2, 0.25) is 0 Å². The Kier molecular flexibility index (Phi) is 5.42. The fourth-order valence-electron chi connectivity index (χ4n) is 3.01. The third-order valence-electron chi connectivity index (χ3n) is 4.33. The Bertz CT molecular complexity index is 711. The molecule has 4 atom stereocenters. The van der Waals surface area contributed by atoms with E-state index in [-0.39, 0.29) is 23.4 Å². The first kappa shape index (κ1) is 18.9. The molecule has 0 spiro atoms. The highest BCUT2D eigenvalue weighted by Gasteiger charge is 2.48. The zero-order valence-electron chi connectivity index (χ0n) is 14.6. The summed E-state index contributed by atoms with van der Waals surface area (Å²) in [7, 11) is 0. The van der Waals surface area contributed by atoms with Crippen LogP contribution in [0, 0.1) is 5.92 Å². The maximum absolute atomic E-state index is 12.0. The highest BCUT2D eigenvalue weighted by Crippen LogP contribution is 2.37. The van der Waals surface area contributed by atoms with Crippen LogP contribution < -0.4 is 0 Å². The molecular weight excluding hydrogens is 324 g/mol. The maximum atomic E-state index is 12.0. The topological polar surface area (TPSA) is 89.9 Å². The van der Waals surface area contributed by atoms with Gasteiger partial charge in [0.1, 0.15) is 18.3 Å². The number of esters is 2. The van der Waals surface area contributed by atoms with E-state index in [0.717, 1.165) is 0 Å². The van der Waals surface area contributed by atoms with Gasteiger partial charge in [0, 0.05) is 17.6 Å². The number of aliphatic hydroxyl groups is 1. The first-order valence-electron chi connectivity index (χ1n) is 7.95. The van der Waals surface area contributed by atoms with Gasteiger partial charge in [-0.05, 0) is 38.5 Å². The summed E-state index contributed by atoms with van der Waals surface area (Å²) < 4.78 is 10.8. The molecule has 1 fully saturated rings. The smallest absolute Gasteiger partial charge is 0.334 e. The molecule has 0 amide bonds. The van der Waals surface area contributed by atoms with Crippen LogP contribution in [0.15, 0.2) is 47.6 Å². The van der Waals surface area contributed by atoms with Gasteiger partial charge < -0.3 is 14.6 Å². The van der Waals surface area contributed by atoms with E-state index in [1.807, 2.05) is 0 Å². The van der Waals surface area contributed by atoms with E-state index in [1.165, 1.54) is 19.1 Å². The van der Waals surface area contributed by atoms with E-state index in [2.05, 4.69) is 13.2 Å². The molecule has 0 unspecified atom stereocenters. The summed E-state index contributed by atoms with van der Waals surface area (Å²) in [4.78, 5) is 36.0. The van der Waals surface area contributed by atoms with Gasteiger partial charge in [0.05, 0.1) is 5.92 Å². The van der Waals surface area contributed by atoms with Crippen LogP contribution >= 0.6 is 0 Å². The first-order valence-corrected chi connectivity index (χ1v) is 7.95. The van der Waals surface area contributed by atoms with Crippen molar-refractivity contribution in [1.82, 2.24) is 0 Å². The number of carbonyl (C=O) groups is 3. The molecule has 1 aliphatic heterocycles. The quantitative estimate of drug-likeness (QED) is 0.606. The highest BCUT2D eigenvalue weighted by atomic mass is 16.6. The third kappa shape index (κ3) is 3.96. The van der Waals surface area contributed by atoms with E-state index in [1.54, 1.807) is 13.8 Å². The van der Waals surface area contributed by atoms with E-state index in [0.29, 0.717) is 11.1 Å². The summed E-state index contributed by atoms with van der Waals surface area (Å²) in [5, 5.41) is 10.5. The number of allylic oxidation sites excluding steroid dienone is 2. The van der Waals surface area contributed by atoms with Crippen LogP contribution in [0.25, 0.3) is 0 Å². The van der Waals surface area contributed by atoms with Crippen molar-refractivity contribution in [3.05, 3.63) is 47.6 Å². The van der Waals surface area contributed by atoms with Crippen molar-refractivity contribution >= 4 is 17.7 Å². The number of fused-ring (bicyclic) bond motifs is 1. The lowest BCUT2D eigenvalue weighted by Gasteiger charge is -2.30. The lowest BCUT2D eigenvalue weighted by atomic mass is 9.83. The van der Waals surface area contributed by atoms with Gasteiger partial charge in [-0.2, -0.15) is 0 Å². The molecule has 1 N–H and O–H groups in total. The minimum atomic E-state index is -1.20. The van der Waals surface area contributed by atoms with Crippen molar-refractivity contribution < 1.29 is 29.0 Å². The molecule has 0 bridgehead atoms. The van der Waals surface area contributed by atoms with Crippen molar-refractivity contribution in [1.29, 1.82) is 0 Å². The van der Waals surface area contributed by atoms with Crippen LogP contribution in [0.3, 0.4) is 0 Å². The predicted molar refractivity (Wildman–Crippen MR) is 90.3 cm³/mol. The zero-order chi connectivity index (χ0) is 18.9. The lowest BCUT2D eigenvalue weighted by molar-refractivity contribution is -0.150. The average molecular weight is 346 g/mol. The fourth-order valence-corrected chi connectivity index (χ4v) is 3.01. The van der Waals surface area contributed by atoms with Crippen LogP contribution in [0.1, 0.15) is 27.2 Å². The van der Waals surface area contributed by atoms with Crippen LogP contribution in [-0.2, 0) is 23.9 Å². The predicted octanol–water partition coefficient (Wildman–Crippen LogP) is 1.80. The van der Waals surface area contributed by atoms with E-state index < -0.39 is 36.2 Å². The Morgan fingerprint density at radius 1 is 1.32 bits per heavy atom. The van der Waals surface area contributed by atoms with Gasteiger partial charge in [-0.3, -0.25) is 4.79 Å². The maximum Gasteiger partial charge on any atom is 0.334 e. The number of ether oxygens (including phenoxy) is 2. The summed E-state index contributed by atoms with van der Waals surface area (Å²) in [6.45, 7) is 12.1. The van der Waals surface area contributed by atoms with Gasteiger partial charge in [-0.25, -0.2) is 9.59 Å². The highest BCUT2D eigenvalue weighted by molar-refractivity contribution is 6.00. The van der Waals surface area contributed by atoms with Crippen molar-refractivity contribution in [3.8, 4) is 0 Å². The molecule has 134 valence electrons. The molecule has 1 aliphatic carbocycles. The van der Waals surface area contributed by atoms with Gasteiger partial charge >= 0.3 is 11.9 Å². The monoisotopic (exact) mass is 346 g/mol. The second-order valence-corrected chi connectivity index (χ2v) is 6.58. The minimum Gasteiger partial charge on any atom is -0.458 e. The second kappa shape index (κ2) is 7.19. The Hall–Kier alpha value is -2.47. The zero-order valence-corrected chi connectivity index (χ0v) is 14.6. The standard InChI is InChI=1S/C19H22O6/c1-9(2)18(22)24-14-7-10(3)6-13(20)8-11(4)16(21)17-15(14)12(5)19(23)25-17/h6,8,14-17,21H,1,5,7H2,2-4H3/b10-6-,11-8+/t14-,15+,16-,17+/m0/s1. The second-order valence-electron chi connectivity index (χ2n) is 6.58. The van der Waals surface area contributed by atoms with Crippen molar-refractivity contribution in [2.24, 2.45) is 5.92 Å². The Labute approximate surface area is 146 Å². The summed E-state index contributed by atoms with van der Waals surface area (Å²) in [6, 6.07) is 0. The lowest BCUT2D eigenvalue weighted by Crippen LogP contribution is -2.41. The summed E-state index contributed by atoms with van der Waals surface area (Å²) in [5.41, 5.74) is 1.38. The van der Waals surface area contributed by atoms with Crippen molar-refractivity contribution in [2.75, 3.05) is 0 Å². The summed E-state index contributed by atoms with van der Waals surface area (Å²) in [6.07, 6.45) is -0.0503. The number of ketones is 1. The number of aliphatic hydroxyl groups excluding tert-OH is 1. The molecule has 6 nitrogen and oxygen atoms in total. The van der Waals surface area contributed by atoms with E-state index >= 15 is 0 Å². The normalized spacial score (nSPS) is 34.2. The van der Waals surface area contributed by atoms with Gasteiger partial charge in [0.25, 0.3) is 0 Å². The molecule has 1 heterocycles. The number of rotatable bonds is 2. The Morgan fingerprint density at radius 3 is 2.56 bits per heavy atom. The molecule has 2 rings (SSSR count). The van der Waals surface area contributed by atoms with Gasteiger partial charge in [-0.1, -0.05) is 18.7 Å². The molecule has 0 aromatic carbocycles. The fraction of sp³-hybridized carbons (Fsp3) is 0.421. The number of hydrogen-bond donors (Lipinski definition) is 1. The van der Waals surface area contributed by atoms with Crippen molar-refractivity contribution in [2.45, 2.75) is 45.5 Å².